The van der Waals surface area contributed by atoms with E-state index in [1.807, 2.05) is 0 Å². The van der Waals surface area contributed by atoms with Crippen LogP contribution >= 0.6 is 11.8 Å². The van der Waals surface area contributed by atoms with Crippen LogP contribution < -0.4 is 5.32 Å². The summed E-state index contributed by atoms with van der Waals surface area (Å²) in [6.45, 7) is 8.10. The van der Waals surface area contributed by atoms with Gasteiger partial charge in [0, 0.05) is 23.1 Å². The van der Waals surface area contributed by atoms with E-state index in [2.05, 4.69) is 37.8 Å². The van der Waals surface area contributed by atoms with Crippen LogP contribution in [0.4, 0.5) is 0 Å². The highest BCUT2D eigenvalue weighted by Gasteiger charge is 2.26. The fourth-order valence-corrected chi connectivity index (χ4v) is 3.27. The minimum Gasteiger partial charge on any atom is -0.312 e. The van der Waals surface area contributed by atoms with Gasteiger partial charge in [0.2, 0.25) is 0 Å². The van der Waals surface area contributed by atoms with Crippen LogP contribution in [0.5, 0.6) is 0 Å². The van der Waals surface area contributed by atoms with Gasteiger partial charge in [-0.3, -0.25) is 0 Å². The van der Waals surface area contributed by atoms with Crippen LogP contribution in [-0.4, -0.2) is 23.1 Å². The maximum atomic E-state index is 3.65. The van der Waals surface area contributed by atoms with Gasteiger partial charge in [-0.15, -0.1) is 0 Å². The number of nitrogens with one attached hydrogen (secondary N) is 1. The molecule has 0 aromatic rings. The maximum absolute atomic E-state index is 3.65. The van der Waals surface area contributed by atoms with Crippen molar-refractivity contribution in [2.45, 2.75) is 56.6 Å². The van der Waals surface area contributed by atoms with E-state index in [1.54, 1.807) is 0 Å². The molecule has 0 saturated carbocycles. The molecule has 1 heterocycles. The van der Waals surface area contributed by atoms with Crippen LogP contribution in [0.3, 0.4) is 0 Å². The normalized spacial score (nSPS) is 36.8. The van der Waals surface area contributed by atoms with Gasteiger partial charge in [-0.2, -0.15) is 11.8 Å². The molecule has 0 bridgehead atoms. The summed E-state index contributed by atoms with van der Waals surface area (Å²) in [4.78, 5) is 0. The van der Waals surface area contributed by atoms with Crippen molar-refractivity contribution in [3.8, 4) is 0 Å². The third-order valence-corrected chi connectivity index (χ3v) is 4.17. The first-order chi connectivity index (χ1) is 5.77. The molecule has 0 aromatic heterocycles. The van der Waals surface area contributed by atoms with Crippen molar-refractivity contribution in [2.75, 3.05) is 6.54 Å². The highest BCUT2D eigenvalue weighted by atomic mass is 32.2. The summed E-state index contributed by atoms with van der Waals surface area (Å²) >= 11 is 2.17. The molecule has 0 aliphatic carbocycles. The Hall–Kier alpha value is 0.310. The van der Waals surface area contributed by atoms with Crippen LogP contribution in [0.15, 0.2) is 0 Å². The third kappa shape index (κ3) is 2.67. The van der Waals surface area contributed by atoms with Gasteiger partial charge >= 0.3 is 0 Å². The zero-order chi connectivity index (χ0) is 8.97. The zero-order valence-electron chi connectivity index (χ0n) is 8.47. The molecule has 1 N–H and O–H groups in total. The van der Waals surface area contributed by atoms with Crippen LogP contribution in [0.1, 0.15) is 40.0 Å². The first-order valence-electron chi connectivity index (χ1n) is 5.16. The second-order valence-electron chi connectivity index (χ2n) is 3.70. The van der Waals surface area contributed by atoms with E-state index in [0.717, 1.165) is 16.5 Å². The summed E-state index contributed by atoms with van der Waals surface area (Å²) in [6, 6.07) is 0.779. The molecule has 1 aliphatic rings. The average molecular weight is 187 g/mol. The summed E-state index contributed by atoms with van der Waals surface area (Å²) in [7, 11) is 0. The smallest absolute Gasteiger partial charge is 0.0201 e. The van der Waals surface area contributed by atoms with E-state index >= 15 is 0 Å². The molecule has 12 heavy (non-hydrogen) atoms. The third-order valence-electron chi connectivity index (χ3n) is 2.53. The van der Waals surface area contributed by atoms with E-state index in [9.17, 15) is 0 Å². The van der Waals surface area contributed by atoms with Crippen LogP contribution in [0, 0.1) is 0 Å². The van der Waals surface area contributed by atoms with Crippen molar-refractivity contribution in [3.05, 3.63) is 0 Å². The lowest BCUT2D eigenvalue weighted by atomic mass is 10.1. The van der Waals surface area contributed by atoms with Crippen molar-refractivity contribution in [2.24, 2.45) is 0 Å². The molecule has 72 valence electrons. The van der Waals surface area contributed by atoms with Crippen molar-refractivity contribution in [1.82, 2.24) is 5.32 Å². The molecule has 1 fully saturated rings. The van der Waals surface area contributed by atoms with Gasteiger partial charge in [0.15, 0.2) is 0 Å². The summed E-state index contributed by atoms with van der Waals surface area (Å²) < 4.78 is 0. The Bertz CT molecular complexity index is 127. The first kappa shape index (κ1) is 10.4. The van der Waals surface area contributed by atoms with E-state index in [-0.39, 0.29) is 0 Å². The lowest BCUT2D eigenvalue weighted by molar-refractivity contribution is 0.440. The predicted octanol–water partition coefficient (Wildman–Crippen LogP) is 2.66. The number of thioether (sulfide) groups is 1. The first-order valence-corrected chi connectivity index (χ1v) is 6.11. The Morgan fingerprint density at radius 3 is 2.75 bits per heavy atom. The second kappa shape index (κ2) is 5.13. The minimum absolute atomic E-state index is 0.779. The molecule has 3 unspecified atom stereocenters. The van der Waals surface area contributed by atoms with Gasteiger partial charge < -0.3 is 5.32 Å². The molecule has 2 heteroatoms. The molecule has 1 rings (SSSR count). The highest BCUT2D eigenvalue weighted by Crippen LogP contribution is 2.28. The molecule has 1 saturated heterocycles. The monoisotopic (exact) mass is 187 g/mol. The highest BCUT2D eigenvalue weighted by molar-refractivity contribution is 8.00. The molecule has 1 nitrogen and oxygen atoms in total. The quantitative estimate of drug-likeness (QED) is 0.729. The standard InChI is InChI=1S/C10H21NS/c1-4-6-9-10(5-2)12-8(3)7-11-9/h8-11H,4-7H2,1-3H3. The zero-order valence-corrected chi connectivity index (χ0v) is 9.29. The van der Waals surface area contributed by atoms with Crippen LogP contribution in [-0.2, 0) is 0 Å². The minimum atomic E-state index is 0.779. The Kier molecular flexibility index (Phi) is 4.44. The van der Waals surface area contributed by atoms with Crippen molar-refractivity contribution in [3.63, 3.8) is 0 Å². The SMILES string of the molecule is CCCC1NCC(C)SC1CC. The Morgan fingerprint density at radius 2 is 2.17 bits per heavy atom. The summed E-state index contributed by atoms with van der Waals surface area (Å²) in [6.07, 6.45) is 3.97. The number of rotatable bonds is 3. The van der Waals surface area contributed by atoms with Gasteiger partial charge in [-0.05, 0) is 12.8 Å². The molecule has 3 atom stereocenters. The maximum Gasteiger partial charge on any atom is 0.0201 e. The number of hydrogen-bond acceptors (Lipinski definition) is 2. The van der Waals surface area contributed by atoms with E-state index in [1.165, 1.54) is 25.8 Å². The Balaban J connectivity index is 2.39. The lowest BCUT2D eigenvalue weighted by Gasteiger charge is -2.35. The van der Waals surface area contributed by atoms with E-state index in [4.69, 9.17) is 0 Å². The van der Waals surface area contributed by atoms with Gasteiger partial charge in [0.25, 0.3) is 0 Å². The van der Waals surface area contributed by atoms with Gasteiger partial charge in [0.1, 0.15) is 0 Å². The average Bonchev–Trinajstić information content (AvgIpc) is 2.08. The molecular formula is C10H21NS. The van der Waals surface area contributed by atoms with Crippen LogP contribution in [0.2, 0.25) is 0 Å². The molecule has 0 radical (unpaired) electrons. The fourth-order valence-electron chi connectivity index (χ4n) is 1.87. The summed E-state index contributed by atoms with van der Waals surface area (Å²) in [5.74, 6) is 0. The second-order valence-corrected chi connectivity index (χ2v) is 5.38. The summed E-state index contributed by atoms with van der Waals surface area (Å²) in [5.41, 5.74) is 0. The summed E-state index contributed by atoms with van der Waals surface area (Å²) in [5, 5.41) is 5.31. The topological polar surface area (TPSA) is 12.0 Å². The van der Waals surface area contributed by atoms with Crippen molar-refractivity contribution in [1.29, 1.82) is 0 Å². The van der Waals surface area contributed by atoms with Gasteiger partial charge in [-0.1, -0.05) is 27.2 Å². The van der Waals surface area contributed by atoms with Gasteiger partial charge in [0.05, 0.1) is 0 Å². The largest absolute Gasteiger partial charge is 0.312 e. The predicted molar refractivity (Wildman–Crippen MR) is 57.8 cm³/mol. The molecule has 0 spiro atoms. The Morgan fingerprint density at radius 1 is 1.42 bits per heavy atom. The molecule has 1 aliphatic heterocycles. The Labute approximate surface area is 80.7 Å². The molecule has 0 aromatic carbocycles. The lowest BCUT2D eigenvalue weighted by Crippen LogP contribution is -2.46. The molecule has 0 amide bonds. The van der Waals surface area contributed by atoms with Crippen LogP contribution in [0.25, 0.3) is 0 Å². The van der Waals surface area contributed by atoms with E-state index < -0.39 is 0 Å². The van der Waals surface area contributed by atoms with E-state index in [0.29, 0.717) is 0 Å². The van der Waals surface area contributed by atoms with Crippen molar-refractivity contribution >= 4 is 11.8 Å². The van der Waals surface area contributed by atoms with Gasteiger partial charge in [-0.25, -0.2) is 0 Å². The molecular weight excluding hydrogens is 166 g/mol. The fraction of sp³-hybridized carbons (Fsp3) is 1.00. The number of hydrogen-bond donors (Lipinski definition) is 1. The van der Waals surface area contributed by atoms with Crippen molar-refractivity contribution < 1.29 is 0 Å².